The number of rotatable bonds is 7. The first-order chi connectivity index (χ1) is 13.2. The Bertz CT molecular complexity index is 966. The fraction of sp³-hybridized carbons (Fsp3) is 0.261. The van der Waals surface area contributed by atoms with Crippen molar-refractivity contribution in [2.24, 2.45) is 5.92 Å². The van der Waals surface area contributed by atoms with E-state index >= 15 is 0 Å². The molecule has 1 aromatic heterocycles. The zero-order chi connectivity index (χ0) is 18.6. The second-order valence-electron chi connectivity index (χ2n) is 7.02. The summed E-state index contributed by atoms with van der Waals surface area (Å²) in [6.07, 6.45) is 6.23. The molecule has 4 heteroatoms. The van der Waals surface area contributed by atoms with Crippen LogP contribution in [0.25, 0.3) is 23.1 Å². The van der Waals surface area contributed by atoms with Crippen LogP contribution in [0, 0.1) is 5.92 Å². The molecular weight excluding hydrogens is 358 g/mol. The molecule has 27 heavy (non-hydrogen) atoms. The molecule has 1 heterocycles. The van der Waals surface area contributed by atoms with Crippen LogP contribution in [0.2, 0.25) is 5.02 Å². The van der Waals surface area contributed by atoms with E-state index in [-0.39, 0.29) is 12.7 Å². The van der Waals surface area contributed by atoms with E-state index < -0.39 is 0 Å². The smallest absolute Gasteiger partial charge is 0.106 e. The highest BCUT2D eigenvalue weighted by Crippen LogP contribution is 2.31. The van der Waals surface area contributed by atoms with Gasteiger partial charge in [-0.1, -0.05) is 48.0 Å². The van der Waals surface area contributed by atoms with Gasteiger partial charge < -0.3 is 9.84 Å². The van der Waals surface area contributed by atoms with E-state index in [0.29, 0.717) is 10.9 Å². The third-order valence-electron chi connectivity index (χ3n) is 4.80. The molecule has 0 radical (unpaired) electrons. The van der Waals surface area contributed by atoms with Crippen molar-refractivity contribution in [2.45, 2.75) is 18.9 Å². The lowest BCUT2D eigenvalue weighted by Gasteiger charge is -2.16. The van der Waals surface area contributed by atoms with Crippen molar-refractivity contribution in [3.8, 4) is 0 Å². The maximum Gasteiger partial charge on any atom is 0.106 e. The van der Waals surface area contributed by atoms with Crippen molar-refractivity contribution < 1.29 is 9.84 Å². The molecule has 1 atom stereocenters. The van der Waals surface area contributed by atoms with E-state index in [1.165, 1.54) is 12.8 Å². The minimum atomic E-state index is -0.264. The predicted molar refractivity (Wildman–Crippen MR) is 111 cm³/mol. The van der Waals surface area contributed by atoms with Crippen molar-refractivity contribution in [1.82, 2.24) is 4.98 Å². The maximum atomic E-state index is 9.67. The molecule has 3 nitrogen and oxygen atoms in total. The molecule has 0 saturated heterocycles. The number of aromatic nitrogens is 1. The zero-order valence-corrected chi connectivity index (χ0v) is 15.8. The second kappa shape index (κ2) is 8.22. The van der Waals surface area contributed by atoms with Gasteiger partial charge in [-0.2, -0.15) is 0 Å². The van der Waals surface area contributed by atoms with E-state index in [4.69, 9.17) is 16.3 Å². The molecule has 3 aromatic rings. The summed E-state index contributed by atoms with van der Waals surface area (Å²) >= 11 is 6.06. The van der Waals surface area contributed by atoms with Crippen LogP contribution in [-0.2, 0) is 4.74 Å². The van der Waals surface area contributed by atoms with Gasteiger partial charge in [-0.15, -0.1) is 0 Å². The van der Waals surface area contributed by atoms with Crippen molar-refractivity contribution in [3.63, 3.8) is 0 Å². The summed E-state index contributed by atoms with van der Waals surface area (Å²) in [6.45, 7) is 0.724. The van der Waals surface area contributed by atoms with Crippen LogP contribution in [0.1, 0.15) is 35.8 Å². The van der Waals surface area contributed by atoms with E-state index in [9.17, 15) is 5.11 Å². The molecule has 1 aliphatic carbocycles. The van der Waals surface area contributed by atoms with Gasteiger partial charge in [0.25, 0.3) is 0 Å². The number of pyridine rings is 1. The van der Waals surface area contributed by atoms with E-state index in [1.54, 1.807) is 0 Å². The highest BCUT2D eigenvalue weighted by atomic mass is 35.5. The molecule has 2 aromatic carbocycles. The van der Waals surface area contributed by atoms with Crippen LogP contribution in [0.5, 0.6) is 0 Å². The lowest BCUT2D eigenvalue weighted by molar-refractivity contribution is 0.00626. The first kappa shape index (κ1) is 18.2. The lowest BCUT2D eigenvalue weighted by atomic mass is 10.1. The molecule has 0 spiro atoms. The summed E-state index contributed by atoms with van der Waals surface area (Å²) in [6, 6.07) is 17.8. The normalized spacial score (nSPS) is 15.5. The van der Waals surface area contributed by atoms with Crippen LogP contribution >= 0.6 is 11.6 Å². The monoisotopic (exact) mass is 379 g/mol. The van der Waals surface area contributed by atoms with Gasteiger partial charge in [0.2, 0.25) is 0 Å². The zero-order valence-electron chi connectivity index (χ0n) is 15.0. The molecule has 1 N–H and O–H groups in total. The Morgan fingerprint density at radius 3 is 2.78 bits per heavy atom. The van der Waals surface area contributed by atoms with Crippen molar-refractivity contribution >= 4 is 34.7 Å². The van der Waals surface area contributed by atoms with Gasteiger partial charge in [0, 0.05) is 10.4 Å². The number of benzene rings is 2. The average Bonchev–Trinajstić information content (AvgIpc) is 3.51. The van der Waals surface area contributed by atoms with Crippen LogP contribution in [-0.4, -0.2) is 23.3 Å². The molecule has 4 rings (SSSR count). The van der Waals surface area contributed by atoms with Crippen LogP contribution in [0.15, 0.2) is 54.6 Å². The van der Waals surface area contributed by atoms with Crippen LogP contribution in [0.3, 0.4) is 0 Å². The summed E-state index contributed by atoms with van der Waals surface area (Å²) in [7, 11) is 0. The Morgan fingerprint density at radius 1 is 1.11 bits per heavy atom. The molecule has 1 unspecified atom stereocenters. The van der Waals surface area contributed by atoms with Gasteiger partial charge in [-0.25, -0.2) is 4.98 Å². The van der Waals surface area contributed by atoms with E-state index in [2.05, 4.69) is 11.1 Å². The average molecular weight is 380 g/mol. The quantitative estimate of drug-likeness (QED) is 0.587. The molecule has 1 saturated carbocycles. The number of nitrogens with zero attached hydrogens (tertiary/aromatic N) is 1. The van der Waals surface area contributed by atoms with Gasteiger partial charge in [-0.3, -0.25) is 0 Å². The highest BCUT2D eigenvalue weighted by Gasteiger charge is 2.23. The summed E-state index contributed by atoms with van der Waals surface area (Å²) < 4.78 is 5.88. The lowest BCUT2D eigenvalue weighted by Crippen LogP contribution is -2.10. The van der Waals surface area contributed by atoms with Gasteiger partial charge in [-0.05, 0) is 60.2 Å². The molecule has 0 bridgehead atoms. The molecule has 1 aliphatic rings. The third-order valence-corrected chi connectivity index (χ3v) is 5.04. The fourth-order valence-corrected chi connectivity index (χ4v) is 3.20. The van der Waals surface area contributed by atoms with Gasteiger partial charge in [0.05, 0.1) is 24.4 Å². The highest BCUT2D eigenvalue weighted by molar-refractivity contribution is 6.31. The second-order valence-corrected chi connectivity index (χ2v) is 7.46. The first-order valence-corrected chi connectivity index (χ1v) is 9.66. The molecule has 0 amide bonds. The number of hydrogen-bond donors (Lipinski definition) is 1. The Balaban J connectivity index is 1.51. The predicted octanol–water partition coefficient (Wildman–Crippen LogP) is 5.52. The largest absolute Gasteiger partial charge is 0.393 e. The van der Waals surface area contributed by atoms with Crippen molar-refractivity contribution in [3.05, 3.63) is 76.4 Å². The minimum absolute atomic E-state index is 0.00707. The summed E-state index contributed by atoms with van der Waals surface area (Å²) in [5.74, 6) is 0.676. The maximum absolute atomic E-state index is 9.67. The van der Waals surface area contributed by atoms with Crippen molar-refractivity contribution in [2.75, 3.05) is 13.2 Å². The van der Waals surface area contributed by atoms with Gasteiger partial charge in [0.15, 0.2) is 0 Å². The Hall–Kier alpha value is -2.20. The topological polar surface area (TPSA) is 42.4 Å². The minimum Gasteiger partial charge on any atom is -0.393 e. The fourth-order valence-electron chi connectivity index (χ4n) is 3.03. The standard InChI is InChI=1S/C23H22ClNO2/c24-20-9-7-18-8-11-21(25-22(18)13-20)10-6-16-2-1-3-19(12-16)23(14-26)27-15-17-4-5-17/h1-3,6-13,17,23,26H,4-5,14-15H2/b10-6+. The Morgan fingerprint density at radius 2 is 1.96 bits per heavy atom. The van der Waals surface area contributed by atoms with Gasteiger partial charge >= 0.3 is 0 Å². The van der Waals surface area contributed by atoms with Gasteiger partial charge in [0.1, 0.15) is 6.10 Å². The summed E-state index contributed by atoms with van der Waals surface area (Å²) in [4.78, 5) is 4.64. The Labute approximate surface area is 164 Å². The van der Waals surface area contributed by atoms with Crippen molar-refractivity contribution in [1.29, 1.82) is 0 Å². The molecule has 1 fully saturated rings. The molecular formula is C23H22ClNO2. The first-order valence-electron chi connectivity index (χ1n) is 9.28. The summed E-state index contributed by atoms with van der Waals surface area (Å²) in [5, 5.41) is 11.4. The number of fused-ring (bicyclic) bond motifs is 1. The van der Waals surface area contributed by atoms with Crippen LogP contribution in [0.4, 0.5) is 0 Å². The number of ether oxygens (including phenoxy) is 1. The number of aliphatic hydroxyl groups is 1. The summed E-state index contributed by atoms with van der Waals surface area (Å²) in [5.41, 5.74) is 3.80. The SMILES string of the molecule is OCC(OCC1CC1)c1cccc(/C=C/c2ccc3ccc(Cl)cc3n2)c1. The number of hydrogen-bond acceptors (Lipinski definition) is 3. The van der Waals surface area contributed by atoms with E-state index in [1.807, 2.05) is 60.7 Å². The number of aliphatic hydroxyl groups excluding tert-OH is 1. The van der Waals surface area contributed by atoms with Crippen LogP contribution < -0.4 is 0 Å². The van der Waals surface area contributed by atoms with E-state index in [0.717, 1.165) is 34.3 Å². The Kier molecular flexibility index (Phi) is 5.53. The number of halogens is 1. The third kappa shape index (κ3) is 4.75. The molecule has 0 aliphatic heterocycles. The molecule has 138 valence electrons.